The van der Waals surface area contributed by atoms with E-state index in [4.69, 9.17) is 0 Å². The molecule has 114 valence electrons. The molecule has 4 aromatic carbocycles. The number of hydrogen-bond acceptors (Lipinski definition) is 2. The second-order valence-electron chi connectivity index (χ2n) is 5.80. The van der Waals surface area contributed by atoms with E-state index >= 15 is 0 Å². The summed E-state index contributed by atoms with van der Waals surface area (Å²) in [5.41, 5.74) is 1.98. The van der Waals surface area contributed by atoms with Gasteiger partial charge in [-0.2, -0.15) is 5.26 Å². The molecule has 0 aliphatic rings. The van der Waals surface area contributed by atoms with Crippen molar-refractivity contribution in [2.45, 2.75) is 6.04 Å². The zero-order chi connectivity index (χ0) is 16.4. The van der Waals surface area contributed by atoms with Crippen LogP contribution in [0.15, 0.2) is 84.9 Å². The first-order valence-electron chi connectivity index (χ1n) is 7.98. The van der Waals surface area contributed by atoms with E-state index in [9.17, 15) is 5.26 Å². The first-order valence-corrected chi connectivity index (χ1v) is 7.98. The van der Waals surface area contributed by atoms with Crippen LogP contribution in [0.2, 0.25) is 0 Å². The fourth-order valence-electron chi connectivity index (χ4n) is 3.23. The molecule has 4 rings (SSSR count). The molecular formula is C22H16N2. The molecule has 0 spiro atoms. The molecule has 0 aliphatic heterocycles. The maximum atomic E-state index is 9.85. The molecule has 0 radical (unpaired) electrons. The molecule has 0 aliphatic carbocycles. The molecule has 2 heteroatoms. The molecule has 0 saturated carbocycles. The molecule has 24 heavy (non-hydrogen) atoms. The van der Waals surface area contributed by atoms with Crippen LogP contribution in [-0.2, 0) is 0 Å². The van der Waals surface area contributed by atoms with E-state index in [1.165, 1.54) is 0 Å². The number of para-hydroxylation sites is 1. The number of nitrogens with one attached hydrogen (secondary N) is 1. The summed E-state index contributed by atoms with van der Waals surface area (Å²) < 4.78 is 0. The minimum absolute atomic E-state index is 0.414. The van der Waals surface area contributed by atoms with Crippen molar-refractivity contribution in [2.24, 2.45) is 0 Å². The third kappa shape index (κ3) is 2.47. The van der Waals surface area contributed by atoms with Crippen LogP contribution in [0.1, 0.15) is 11.6 Å². The van der Waals surface area contributed by atoms with Gasteiger partial charge in [0, 0.05) is 11.3 Å². The summed E-state index contributed by atoms with van der Waals surface area (Å²) in [7, 11) is 0. The van der Waals surface area contributed by atoms with Gasteiger partial charge >= 0.3 is 0 Å². The highest BCUT2D eigenvalue weighted by atomic mass is 14.9. The van der Waals surface area contributed by atoms with E-state index < -0.39 is 6.04 Å². The number of rotatable bonds is 3. The van der Waals surface area contributed by atoms with Crippen molar-refractivity contribution in [2.75, 3.05) is 5.32 Å². The Morgan fingerprint density at radius 3 is 1.83 bits per heavy atom. The lowest BCUT2D eigenvalue weighted by atomic mass is 9.92. The van der Waals surface area contributed by atoms with Gasteiger partial charge in [-0.05, 0) is 39.7 Å². The van der Waals surface area contributed by atoms with E-state index in [0.29, 0.717) is 0 Å². The van der Waals surface area contributed by atoms with Gasteiger partial charge in [-0.25, -0.2) is 0 Å². The lowest BCUT2D eigenvalue weighted by Crippen LogP contribution is -2.09. The molecule has 1 atom stereocenters. The summed E-state index contributed by atoms with van der Waals surface area (Å²) >= 11 is 0. The van der Waals surface area contributed by atoms with E-state index in [0.717, 1.165) is 32.8 Å². The monoisotopic (exact) mass is 308 g/mol. The van der Waals surface area contributed by atoms with Gasteiger partial charge in [-0.15, -0.1) is 0 Å². The van der Waals surface area contributed by atoms with Crippen LogP contribution in [0, 0.1) is 11.3 Å². The smallest absolute Gasteiger partial charge is 0.141 e. The molecular weight excluding hydrogens is 292 g/mol. The van der Waals surface area contributed by atoms with Gasteiger partial charge in [0.2, 0.25) is 0 Å². The minimum Gasteiger partial charge on any atom is -0.366 e. The Bertz CT molecular complexity index is 992. The largest absolute Gasteiger partial charge is 0.366 e. The highest BCUT2D eigenvalue weighted by molar-refractivity contribution is 6.03. The molecule has 0 aromatic heterocycles. The predicted molar refractivity (Wildman–Crippen MR) is 99.9 cm³/mol. The molecule has 0 amide bonds. The number of nitriles is 1. The van der Waals surface area contributed by atoms with E-state index in [1.807, 2.05) is 54.6 Å². The van der Waals surface area contributed by atoms with Crippen molar-refractivity contribution in [3.8, 4) is 6.07 Å². The summed E-state index contributed by atoms with van der Waals surface area (Å²) in [5.74, 6) is 0. The van der Waals surface area contributed by atoms with Crippen molar-refractivity contribution in [1.29, 1.82) is 5.26 Å². The van der Waals surface area contributed by atoms with Gasteiger partial charge < -0.3 is 5.32 Å². The molecule has 0 bridgehead atoms. The fraction of sp³-hybridized carbons (Fsp3) is 0.0455. The van der Waals surface area contributed by atoms with Gasteiger partial charge in [-0.3, -0.25) is 0 Å². The lowest BCUT2D eigenvalue weighted by Gasteiger charge is -2.18. The van der Waals surface area contributed by atoms with Crippen molar-refractivity contribution < 1.29 is 0 Å². The van der Waals surface area contributed by atoms with Crippen LogP contribution < -0.4 is 5.32 Å². The molecule has 0 fully saturated rings. The predicted octanol–water partition coefficient (Wildman–Crippen LogP) is 5.67. The number of benzene rings is 4. The second kappa shape index (κ2) is 6.06. The highest BCUT2D eigenvalue weighted by Gasteiger charge is 2.17. The van der Waals surface area contributed by atoms with E-state index in [-0.39, 0.29) is 0 Å². The van der Waals surface area contributed by atoms with Crippen molar-refractivity contribution in [1.82, 2.24) is 0 Å². The lowest BCUT2D eigenvalue weighted by molar-refractivity contribution is 1.02. The normalized spacial score (nSPS) is 12.0. The number of hydrogen-bond donors (Lipinski definition) is 1. The maximum absolute atomic E-state index is 9.85. The second-order valence-corrected chi connectivity index (χ2v) is 5.80. The van der Waals surface area contributed by atoms with Gasteiger partial charge in [0.05, 0.1) is 6.07 Å². The molecule has 1 unspecified atom stereocenters. The topological polar surface area (TPSA) is 35.8 Å². The Morgan fingerprint density at radius 1 is 0.708 bits per heavy atom. The molecule has 2 nitrogen and oxygen atoms in total. The summed E-state index contributed by atoms with van der Waals surface area (Å²) in [6.07, 6.45) is 0. The first-order chi connectivity index (χ1) is 11.9. The molecule has 0 saturated heterocycles. The first kappa shape index (κ1) is 14.3. The average molecular weight is 308 g/mol. The SMILES string of the molecule is N#CC(Nc1ccccc1)c1c2ccccc2cc2ccccc12. The maximum Gasteiger partial charge on any atom is 0.141 e. The van der Waals surface area contributed by atoms with Crippen LogP contribution in [0.25, 0.3) is 21.5 Å². The van der Waals surface area contributed by atoms with Crippen molar-refractivity contribution >= 4 is 27.2 Å². The molecule has 1 N–H and O–H groups in total. The zero-order valence-electron chi connectivity index (χ0n) is 13.1. The molecule has 4 aromatic rings. The Morgan fingerprint density at radius 2 is 1.25 bits per heavy atom. The number of nitrogens with zero attached hydrogens (tertiary/aromatic N) is 1. The van der Waals surface area contributed by atoms with Crippen molar-refractivity contribution in [3.63, 3.8) is 0 Å². The Hall–Kier alpha value is -3.31. The highest BCUT2D eigenvalue weighted by Crippen LogP contribution is 2.34. The van der Waals surface area contributed by atoms with Crippen molar-refractivity contribution in [3.05, 3.63) is 90.5 Å². The van der Waals surface area contributed by atoms with Crippen LogP contribution >= 0.6 is 0 Å². The van der Waals surface area contributed by atoms with Crippen LogP contribution in [0.4, 0.5) is 5.69 Å². The molecule has 0 heterocycles. The van der Waals surface area contributed by atoms with Crippen LogP contribution in [-0.4, -0.2) is 0 Å². The summed E-state index contributed by atoms with van der Waals surface area (Å²) in [5, 5.41) is 17.8. The van der Waals surface area contributed by atoms with Crippen LogP contribution in [0.3, 0.4) is 0 Å². The fourth-order valence-corrected chi connectivity index (χ4v) is 3.23. The summed E-state index contributed by atoms with van der Waals surface area (Å²) in [6.45, 7) is 0. The van der Waals surface area contributed by atoms with Crippen LogP contribution in [0.5, 0.6) is 0 Å². The number of fused-ring (bicyclic) bond motifs is 2. The standard InChI is InChI=1S/C22H16N2/c23-15-21(24-18-10-2-1-3-11-18)22-19-12-6-4-8-16(19)14-17-9-5-7-13-20(17)22/h1-14,21,24H. The van der Waals surface area contributed by atoms with Gasteiger partial charge in [0.15, 0.2) is 0 Å². The van der Waals surface area contributed by atoms with Gasteiger partial charge in [0.1, 0.15) is 6.04 Å². The van der Waals surface area contributed by atoms with E-state index in [1.54, 1.807) is 0 Å². The zero-order valence-corrected chi connectivity index (χ0v) is 13.1. The Balaban J connectivity index is 1.96. The number of anilines is 1. The van der Waals surface area contributed by atoms with Gasteiger partial charge in [-0.1, -0.05) is 66.7 Å². The quantitative estimate of drug-likeness (QED) is 0.495. The minimum atomic E-state index is -0.414. The Labute approximate surface area is 141 Å². The third-order valence-corrected chi connectivity index (χ3v) is 4.32. The summed E-state index contributed by atoms with van der Waals surface area (Å²) in [6, 6.07) is 30.6. The Kier molecular flexibility index (Phi) is 3.61. The summed E-state index contributed by atoms with van der Waals surface area (Å²) in [4.78, 5) is 0. The van der Waals surface area contributed by atoms with Gasteiger partial charge in [0.25, 0.3) is 0 Å². The van der Waals surface area contributed by atoms with E-state index in [2.05, 4.69) is 41.7 Å². The average Bonchev–Trinajstić information content (AvgIpc) is 2.65. The third-order valence-electron chi connectivity index (χ3n) is 4.32.